The molecule has 2 heterocycles. The number of carboxylic acid groups (broad SMARTS) is 1. The maximum atomic E-state index is 12.4. The van der Waals surface area contributed by atoms with Gasteiger partial charge in [0.05, 0.1) is 23.5 Å². The van der Waals surface area contributed by atoms with Gasteiger partial charge in [0.2, 0.25) is 0 Å². The van der Waals surface area contributed by atoms with Crippen LogP contribution in [0.5, 0.6) is 0 Å². The summed E-state index contributed by atoms with van der Waals surface area (Å²) in [6.45, 7) is 0.0385. The standard InChI is InChI=1S/C13H13N3O4/c17-8-4-11(13(19)20)16(5-8)12(18)7-1-2-9-10(3-7)15-6-14-9/h1-3,6,8,11,17H,4-5H2,(H,14,15)(H,19,20)/t8-,11-/m1/s1. The molecule has 1 aliphatic heterocycles. The average Bonchev–Trinajstić information content (AvgIpc) is 3.02. The molecule has 7 nitrogen and oxygen atoms in total. The molecule has 0 radical (unpaired) electrons. The molecule has 1 amide bonds. The summed E-state index contributed by atoms with van der Waals surface area (Å²) in [7, 11) is 0. The Morgan fingerprint density at radius 3 is 2.95 bits per heavy atom. The molecule has 2 atom stereocenters. The van der Waals surface area contributed by atoms with Crippen LogP contribution in [0.15, 0.2) is 24.5 Å². The Labute approximate surface area is 113 Å². The van der Waals surface area contributed by atoms with Gasteiger partial charge in [-0.2, -0.15) is 0 Å². The van der Waals surface area contributed by atoms with Gasteiger partial charge in [-0.3, -0.25) is 4.79 Å². The van der Waals surface area contributed by atoms with E-state index in [-0.39, 0.29) is 13.0 Å². The molecule has 1 aromatic heterocycles. The summed E-state index contributed by atoms with van der Waals surface area (Å²) in [6, 6.07) is 3.96. The normalized spacial score (nSPS) is 22.4. The highest BCUT2D eigenvalue weighted by molar-refractivity contribution is 5.99. The largest absolute Gasteiger partial charge is 0.480 e. The molecule has 1 aliphatic rings. The van der Waals surface area contributed by atoms with E-state index < -0.39 is 24.0 Å². The Morgan fingerprint density at radius 1 is 1.40 bits per heavy atom. The summed E-state index contributed by atoms with van der Waals surface area (Å²) in [6.07, 6.45) is 0.794. The third kappa shape index (κ3) is 2.01. The van der Waals surface area contributed by atoms with Gasteiger partial charge in [-0.15, -0.1) is 0 Å². The van der Waals surface area contributed by atoms with Crippen LogP contribution in [0.3, 0.4) is 0 Å². The number of nitrogens with zero attached hydrogens (tertiary/aromatic N) is 2. The first kappa shape index (κ1) is 12.6. The van der Waals surface area contributed by atoms with Gasteiger partial charge in [-0.25, -0.2) is 9.78 Å². The van der Waals surface area contributed by atoms with Crippen LogP contribution in [0, 0.1) is 0 Å². The minimum absolute atomic E-state index is 0.0385. The second-order valence-corrected chi connectivity index (χ2v) is 4.84. The molecular weight excluding hydrogens is 262 g/mol. The first-order valence-corrected chi connectivity index (χ1v) is 6.21. The van der Waals surface area contributed by atoms with Gasteiger partial charge >= 0.3 is 5.97 Å². The fourth-order valence-electron chi connectivity index (χ4n) is 2.51. The Morgan fingerprint density at radius 2 is 2.20 bits per heavy atom. The molecule has 104 valence electrons. The third-order valence-corrected chi connectivity index (χ3v) is 3.49. The van der Waals surface area contributed by atoms with Gasteiger partial charge < -0.3 is 20.1 Å². The molecule has 1 fully saturated rings. The zero-order valence-electron chi connectivity index (χ0n) is 10.5. The summed E-state index contributed by atoms with van der Waals surface area (Å²) >= 11 is 0. The minimum Gasteiger partial charge on any atom is -0.480 e. The van der Waals surface area contributed by atoms with Gasteiger partial charge in [0.1, 0.15) is 6.04 Å². The van der Waals surface area contributed by atoms with Gasteiger partial charge in [0, 0.05) is 18.5 Å². The zero-order valence-corrected chi connectivity index (χ0v) is 10.5. The smallest absolute Gasteiger partial charge is 0.326 e. The second kappa shape index (κ2) is 4.61. The van der Waals surface area contributed by atoms with Crippen LogP contribution < -0.4 is 0 Å². The van der Waals surface area contributed by atoms with Crippen molar-refractivity contribution in [1.82, 2.24) is 14.9 Å². The molecule has 0 unspecified atom stereocenters. The van der Waals surface area contributed by atoms with Crippen LogP contribution >= 0.6 is 0 Å². The molecule has 7 heteroatoms. The number of aliphatic carboxylic acids is 1. The van der Waals surface area contributed by atoms with E-state index >= 15 is 0 Å². The summed E-state index contributed by atoms with van der Waals surface area (Å²) < 4.78 is 0. The first-order chi connectivity index (χ1) is 9.56. The minimum atomic E-state index is -1.10. The van der Waals surface area contributed by atoms with E-state index in [1.165, 1.54) is 11.2 Å². The predicted molar refractivity (Wildman–Crippen MR) is 69.2 cm³/mol. The van der Waals surface area contributed by atoms with E-state index in [0.717, 1.165) is 5.52 Å². The Hall–Kier alpha value is -2.41. The summed E-state index contributed by atoms with van der Waals surface area (Å²) in [5.41, 5.74) is 1.82. The monoisotopic (exact) mass is 275 g/mol. The molecule has 3 rings (SSSR count). The molecular formula is C13H13N3O4. The summed E-state index contributed by atoms with van der Waals surface area (Å²) in [4.78, 5) is 31.7. The molecule has 2 aromatic rings. The number of benzene rings is 1. The SMILES string of the molecule is O=C(O)[C@H]1C[C@@H](O)CN1C(=O)c1ccc2nc[nH]c2c1. The van der Waals surface area contributed by atoms with Crippen LogP contribution in [0.2, 0.25) is 0 Å². The van der Waals surface area contributed by atoms with E-state index in [1.807, 2.05) is 0 Å². The number of fused-ring (bicyclic) bond motifs is 1. The van der Waals surface area contributed by atoms with Crippen molar-refractivity contribution in [2.24, 2.45) is 0 Å². The number of aromatic nitrogens is 2. The van der Waals surface area contributed by atoms with Crippen LogP contribution in [-0.4, -0.2) is 55.6 Å². The first-order valence-electron chi connectivity index (χ1n) is 6.21. The maximum Gasteiger partial charge on any atom is 0.326 e. The lowest BCUT2D eigenvalue weighted by Crippen LogP contribution is -2.40. The lowest BCUT2D eigenvalue weighted by atomic mass is 10.1. The van der Waals surface area contributed by atoms with Crippen LogP contribution in [-0.2, 0) is 4.79 Å². The number of imidazole rings is 1. The number of carbonyl (C=O) groups excluding carboxylic acids is 1. The third-order valence-electron chi connectivity index (χ3n) is 3.49. The van der Waals surface area contributed by atoms with E-state index in [1.54, 1.807) is 18.2 Å². The highest BCUT2D eigenvalue weighted by Crippen LogP contribution is 2.22. The summed E-state index contributed by atoms with van der Waals surface area (Å²) in [5, 5.41) is 18.7. The quantitative estimate of drug-likeness (QED) is 0.727. The van der Waals surface area contributed by atoms with Crippen molar-refractivity contribution in [3.05, 3.63) is 30.1 Å². The fraction of sp³-hybridized carbons (Fsp3) is 0.308. The van der Waals surface area contributed by atoms with Crippen molar-refractivity contribution in [2.75, 3.05) is 6.54 Å². The molecule has 1 saturated heterocycles. The Bertz CT molecular complexity index is 681. The molecule has 20 heavy (non-hydrogen) atoms. The van der Waals surface area contributed by atoms with Crippen molar-refractivity contribution in [3.63, 3.8) is 0 Å². The van der Waals surface area contributed by atoms with Crippen LogP contribution in [0.1, 0.15) is 16.8 Å². The number of carboxylic acids is 1. The number of β-amino-alcohol motifs (C(OH)–C–C–N with tert-alkyl or cyclic N) is 1. The van der Waals surface area contributed by atoms with E-state index in [0.29, 0.717) is 11.1 Å². The highest BCUT2D eigenvalue weighted by atomic mass is 16.4. The van der Waals surface area contributed by atoms with Gasteiger partial charge in [0.25, 0.3) is 5.91 Å². The lowest BCUT2D eigenvalue weighted by Gasteiger charge is -2.21. The topological polar surface area (TPSA) is 107 Å². The number of rotatable bonds is 2. The zero-order chi connectivity index (χ0) is 14.3. The second-order valence-electron chi connectivity index (χ2n) is 4.84. The van der Waals surface area contributed by atoms with Gasteiger partial charge in [-0.05, 0) is 18.2 Å². The van der Waals surface area contributed by atoms with Crippen molar-refractivity contribution < 1.29 is 19.8 Å². The Kier molecular flexibility index (Phi) is 2.90. The van der Waals surface area contributed by atoms with E-state index in [9.17, 15) is 14.7 Å². The van der Waals surface area contributed by atoms with E-state index in [4.69, 9.17) is 5.11 Å². The molecule has 0 spiro atoms. The Balaban J connectivity index is 1.92. The molecule has 1 aromatic carbocycles. The van der Waals surface area contributed by atoms with Crippen molar-refractivity contribution >= 4 is 22.9 Å². The van der Waals surface area contributed by atoms with Crippen molar-refractivity contribution in [1.29, 1.82) is 0 Å². The molecule has 0 aliphatic carbocycles. The molecule has 0 saturated carbocycles. The maximum absolute atomic E-state index is 12.4. The molecule has 3 N–H and O–H groups in total. The van der Waals surface area contributed by atoms with Gasteiger partial charge in [0.15, 0.2) is 0 Å². The number of aromatic amines is 1. The average molecular weight is 275 g/mol. The summed E-state index contributed by atoms with van der Waals surface area (Å²) in [5.74, 6) is -1.50. The van der Waals surface area contributed by atoms with Crippen molar-refractivity contribution in [2.45, 2.75) is 18.6 Å². The number of nitrogens with one attached hydrogen (secondary N) is 1. The number of likely N-dealkylation sites (tertiary alicyclic amines) is 1. The number of carbonyl (C=O) groups is 2. The highest BCUT2D eigenvalue weighted by Gasteiger charge is 2.39. The number of hydrogen-bond acceptors (Lipinski definition) is 4. The predicted octanol–water partition coefficient (Wildman–Crippen LogP) is 0.223. The molecule has 0 bridgehead atoms. The lowest BCUT2D eigenvalue weighted by molar-refractivity contribution is -0.141. The van der Waals surface area contributed by atoms with Crippen LogP contribution in [0.25, 0.3) is 11.0 Å². The fourth-order valence-corrected chi connectivity index (χ4v) is 2.51. The van der Waals surface area contributed by atoms with Crippen LogP contribution in [0.4, 0.5) is 0 Å². The van der Waals surface area contributed by atoms with E-state index in [2.05, 4.69) is 9.97 Å². The number of H-pyrrole nitrogens is 1. The number of aliphatic hydroxyl groups excluding tert-OH is 1. The number of hydrogen-bond donors (Lipinski definition) is 3. The van der Waals surface area contributed by atoms with Gasteiger partial charge in [-0.1, -0.05) is 0 Å². The van der Waals surface area contributed by atoms with Crippen molar-refractivity contribution in [3.8, 4) is 0 Å². The number of aliphatic hydroxyl groups is 1. The number of amides is 1.